The lowest BCUT2D eigenvalue weighted by molar-refractivity contribution is -0.118. The van der Waals surface area contributed by atoms with Crippen molar-refractivity contribution in [3.05, 3.63) is 67.5 Å². The van der Waals surface area contributed by atoms with Crippen molar-refractivity contribution < 1.29 is 14.3 Å². The number of rotatable bonds is 5. The van der Waals surface area contributed by atoms with E-state index in [0.717, 1.165) is 11.3 Å². The monoisotopic (exact) mass is 425 g/mol. The van der Waals surface area contributed by atoms with Crippen LogP contribution >= 0.6 is 0 Å². The molecule has 2 aliphatic rings. The molecule has 0 saturated heterocycles. The number of fused-ring (bicyclic) bond motifs is 1. The molecule has 2 aromatic rings. The molecule has 0 saturated carbocycles. The number of anilines is 1. The van der Waals surface area contributed by atoms with Crippen molar-refractivity contribution in [1.29, 1.82) is 0 Å². The van der Waals surface area contributed by atoms with Crippen molar-refractivity contribution in [2.45, 2.75) is 39.2 Å². The Morgan fingerprint density at radius 2 is 1.81 bits per heavy atom. The van der Waals surface area contributed by atoms with E-state index in [0.29, 0.717) is 42.2 Å². The van der Waals surface area contributed by atoms with Crippen molar-refractivity contribution in [3.63, 3.8) is 0 Å². The minimum Gasteiger partial charge on any atom is -0.497 e. The summed E-state index contributed by atoms with van der Waals surface area (Å²) in [6, 6.07) is 7.34. The summed E-state index contributed by atoms with van der Waals surface area (Å²) >= 11 is 0. The van der Waals surface area contributed by atoms with Crippen molar-refractivity contribution >= 4 is 11.6 Å². The number of nitrogens with one attached hydrogen (secondary N) is 2. The molecule has 8 nitrogen and oxygen atoms in total. The molecule has 4 rings (SSSR count). The van der Waals surface area contributed by atoms with Gasteiger partial charge in [-0.3, -0.25) is 19.1 Å². The summed E-state index contributed by atoms with van der Waals surface area (Å²) in [5, 5.41) is 3.29. The highest BCUT2D eigenvalue weighted by atomic mass is 16.5. The van der Waals surface area contributed by atoms with Crippen LogP contribution in [0.15, 0.2) is 45.1 Å². The number of benzene rings is 1. The Bertz CT molecular complexity index is 1170. The highest BCUT2D eigenvalue weighted by Gasteiger charge is 2.42. The summed E-state index contributed by atoms with van der Waals surface area (Å²) in [7, 11) is 3.14. The molecular weight excluding hydrogens is 398 g/mol. The molecule has 164 valence electrons. The van der Waals surface area contributed by atoms with E-state index in [9.17, 15) is 14.4 Å². The number of ether oxygens (including phenoxy) is 2. The van der Waals surface area contributed by atoms with E-state index in [2.05, 4.69) is 10.3 Å². The maximum Gasteiger partial charge on any atom is 0.330 e. The average Bonchev–Trinajstić information content (AvgIpc) is 2.71. The number of carbonyl (C=O) groups excluding carboxylic acids is 1. The average molecular weight is 425 g/mol. The zero-order valence-corrected chi connectivity index (χ0v) is 18.2. The summed E-state index contributed by atoms with van der Waals surface area (Å²) < 4.78 is 11.9. The smallest absolute Gasteiger partial charge is 0.330 e. The summed E-state index contributed by atoms with van der Waals surface area (Å²) in [4.78, 5) is 41.3. The first-order valence-electron chi connectivity index (χ1n) is 10.3. The number of ketones is 1. The van der Waals surface area contributed by atoms with Crippen LogP contribution < -0.4 is 21.3 Å². The normalized spacial score (nSPS) is 19.5. The molecule has 1 aromatic heterocycles. The van der Waals surface area contributed by atoms with Gasteiger partial charge in [0.25, 0.3) is 5.56 Å². The molecule has 0 fully saturated rings. The number of methoxy groups -OCH3 is 2. The van der Waals surface area contributed by atoms with Gasteiger partial charge < -0.3 is 14.8 Å². The Kier molecular flexibility index (Phi) is 5.35. The highest BCUT2D eigenvalue weighted by Crippen LogP contribution is 2.47. The molecule has 0 spiro atoms. The molecule has 2 N–H and O–H groups in total. The molecule has 2 heterocycles. The molecule has 0 radical (unpaired) electrons. The minimum atomic E-state index is -0.570. The van der Waals surface area contributed by atoms with E-state index in [-0.39, 0.29) is 17.7 Å². The number of aromatic amines is 1. The molecule has 0 unspecified atom stereocenters. The second-order valence-corrected chi connectivity index (χ2v) is 8.83. The number of aromatic nitrogens is 2. The van der Waals surface area contributed by atoms with Crippen molar-refractivity contribution in [2.75, 3.05) is 26.1 Å². The third-order valence-electron chi connectivity index (χ3n) is 5.97. The second-order valence-electron chi connectivity index (χ2n) is 8.83. The lowest BCUT2D eigenvalue weighted by Crippen LogP contribution is -2.42. The van der Waals surface area contributed by atoms with E-state index in [1.165, 1.54) is 4.57 Å². The van der Waals surface area contributed by atoms with Crippen LogP contribution in [0.25, 0.3) is 0 Å². The zero-order chi connectivity index (χ0) is 22.3. The number of allylic oxidation sites excluding steroid dienone is 2. The van der Waals surface area contributed by atoms with Crippen LogP contribution in [0.5, 0.6) is 5.75 Å². The first kappa shape index (κ1) is 21.1. The molecule has 0 amide bonds. The van der Waals surface area contributed by atoms with Gasteiger partial charge in [-0.15, -0.1) is 0 Å². The van der Waals surface area contributed by atoms with E-state index < -0.39 is 17.2 Å². The molecule has 1 atom stereocenters. The molecule has 1 aliphatic heterocycles. The van der Waals surface area contributed by atoms with Crippen LogP contribution in [-0.4, -0.2) is 36.2 Å². The fourth-order valence-corrected chi connectivity index (χ4v) is 4.58. The maximum absolute atomic E-state index is 13.3. The van der Waals surface area contributed by atoms with Crippen molar-refractivity contribution in [3.8, 4) is 5.75 Å². The number of hydrogen-bond donors (Lipinski definition) is 2. The summed E-state index contributed by atoms with van der Waals surface area (Å²) in [6.07, 6.45) is 1.04. The van der Waals surface area contributed by atoms with Crippen LogP contribution in [0, 0.1) is 5.41 Å². The number of H-pyrrole nitrogens is 1. The number of carbonyl (C=O) groups is 1. The third kappa shape index (κ3) is 3.72. The largest absolute Gasteiger partial charge is 0.497 e. The van der Waals surface area contributed by atoms with Gasteiger partial charge in [-0.25, -0.2) is 4.79 Å². The van der Waals surface area contributed by atoms with E-state index in [1.54, 1.807) is 14.2 Å². The minimum absolute atomic E-state index is 0.0132. The van der Waals surface area contributed by atoms with Gasteiger partial charge >= 0.3 is 5.69 Å². The second kappa shape index (κ2) is 7.85. The van der Waals surface area contributed by atoms with Gasteiger partial charge in [-0.05, 0) is 29.5 Å². The van der Waals surface area contributed by atoms with Gasteiger partial charge in [0.2, 0.25) is 0 Å². The third-order valence-corrected chi connectivity index (χ3v) is 5.97. The quantitative estimate of drug-likeness (QED) is 0.763. The van der Waals surface area contributed by atoms with Gasteiger partial charge in [-0.2, -0.15) is 0 Å². The molecular formula is C23H27N3O5. The Labute approximate surface area is 179 Å². The fraction of sp³-hybridized carbons (Fsp3) is 0.435. The van der Waals surface area contributed by atoms with Gasteiger partial charge in [-0.1, -0.05) is 26.0 Å². The van der Waals surface area contributed by atoms with E-state index in [1.807, 2.05) is 38.1 Å². The molecule has 1 aromatic carbocycles. The first-order chi connectivity index (χ1) is 14.8. The van der Waals surface area contributed by atoms with Crippen LogP contribution in [0.3, 0.4) is 0 Å². The van der Waals surface area contributed by atoms with E-state index >= 15 is 0 Å². The predicted molar refractivity (Wildman–Crippen MR) is 117 cm³/mol. The van der Waals surface area contributed by atoms with Crippen LogP contribution in [0.4, 0.5) is 5.82 Å². The Morgan fingerprint density at radius 3 is 2.45 bits per heavy atom. The molecule has 31 heavy (non-hydrogen) atoms. The SMILES string of the molecule is COCCn1c2c(c(=O)[nH]c1=O)[C@@H](c1ccc(OC)cc1)C1=C(CC(C)(C)CC1=O)N2. The number of Topliss-reactive ketones (excluding diaryl/α,β-unsaturated/α-hetero) is 1. The Hall–Kier alpha value is -3.13. The molecule has 1 aliphatic carbocycles. The fourth-order valence-electron chi connectivity index (χ4n) is 4.58. The summed E-state index contributed by atoms with van der Waals surface area (Å²) in [5.41, 5.74) is 1.31. The highest BCUT2D eigenvalue weighted by molar-refractivity contribution is 6.01. The predicted octanol–water partition coefficient (Wildman–Crippen LogP) is 2.39. The summed E-state index contributed by atoms with van der Waals surface area (Å²) in [5.74, 6) is 0.552. The molecule has 8 heteroatoms. The first-order valence-corrected chi connectivity index (χ1v) is 10.3. The lowest BCUT2D eigenvalue weighted by Gasteiger charge is -2.39. The summed E-state index contributed by atoms with van der Waals surface area (Å²) in [6.45, 7) is 4.68. The van der Waals surface area contributed by atoms with Gasteiger partial charge in [0.05, 0.1) is 25.8 Å². The standard InChI is InChI=1S/C23H27N3O5/c1-23(2)11-15-18(16(27)12-23)17(13-5-7-14(31-4)8-6-13)19-20(24-15)26(9-10-30-3)22(29)25-21(19)28/h5-8,17,24H,9-12H2,1-4H3,(H,25,28,29)/t17-/m0/s1. The van der Waals surface area contributed by atoms with Gasteiger partial charge in [0.15, 0.2) is 5.78 Å². The van der Waals surface area contributed by atoms with Crippen LogP contribution in [0.2, 0.25) is 0 Å². The van der Waals surface area contributed by atoms with Crippen LogP contribution in [-0.2, 0) is 16.1 Å². The maximum atomic E-state index is 13.3. The van der Waals surface area contributed by atoms with Crippen LogP contribution in [0.1, 0.15) is 43.7 Å². The van der Waals surface area contributed by atoms with Gasteiger partial charge in [0.1, 0.15) is 11.6 Å². The topological polar surface area (TPSA) is 102 Å². The zero-order valence-electron chi connectivity index (χ0n) is 18.2. The van der Waals surface area contributed by atoms with Crippen molar-refractivity contribution in [1.82, 2.24) is 9.55 Å². The Balaban J connectivity index is 1.98. The number of hydrogen-bond acceptors (Lipinski definition) is 6. The lowest BCUT2D eigenvalue weighted by atomic mass is 9.69. The van der Waals surface area contributed by atoms with Crippen molar-refractivity contribution in [2.24, 2.45) is 5.41 Å². The van der Waals surface area contributed by atoms with Gasteiger partial charge in [0, 0.05) is 30.7 Å². The molecule has 0 bridgehead atoms. The number of nitrogens with zero attached hydrogens (tertiary/aromatic N) is 1. The van der Waals surface area contributed by atoms with E-state index in [4.69, 9.17) is 9.47 Å². The Morgan fingerprint density at radius 1 is 1.10 bits per heavy atom.